The summed E-state index contributed by atoms with van der Waals surface area (Å²) in [6.45, 7) is 5.47. The van der Waals surface area contributed by atoms with Gasteiger partial charge in [-0.15, -0.1) is 0 Å². The van der Waals surface area contributed by atoms with E-state index < -0.39 is 0 Å². The Hall–Kier alpha value is -2.53. The fourth-order valence-electron chi connectivity index (χ4n) is 2.09. The lowest BCUT2D eigenvalue weighted by Crippen LogP contribution is -2.41. The molecule has 2 N–H and O–H groups in total. The summed E-state index contributed by atoms with van der Waals surface area (Å²) in [6, 6.07) is 13.7. The zero-order valence-corrected chi connectivity index (χ0v) is 15.2. The number of nitrogens with one attached hydrogen (secondary N) is 2. The predicted molar refractivity (Wildman–Crippen MR) is 99.2 cm³/mol. The zero-order chi connectivity index (χ0) is 18.4. The number of benzene rings is 2. The average molecular weight is 361 g/mol. The number of para-hydroxylation sites is 2. The molecule has 0 spiro atoms. The van der Waals surface area contributed by atoms with Crippen LogP contribution in [0.1, 0.15) is 31.1 Å². The van der Waals surface area contributed by atoms with Gasteiger partial charge in [0.15, 0.2) is 6.61 Å². The molecule has 2 aromatic carbocycles. The number of amides is 2. The summed E-state index contributed by atoms with van der Waals surface area (Å²) in [5.41, 5.74) is 0.446. The summed E-state index contributed by atoms with van der Waals surface area (Å²) in [4.78, 5) is 24.5. The van der Waals surface area contributed by atoms with Crippen LogP contribution in [0.5, 0.6) is 5.75 Å². The molecule has 5 nitrogen and oxygen atoms in total. The van der Waals surface area contributed by atoms with Crippen molar-refractivity contribution in [1.29, 1.82) is 0 Å². The van der Waals surface area contributed by atoms with Gasteiger partial charge in [0, 0.05) is 5.54 Å². The second-order valence-electron chi connectivity index (χ2n) is 6.52. The van der Waals surface area contributed by atoms with Crippen molar-refractivity contribution in [2.24, 2.45) is 0 Å². The number of carbonyl (C=O) groups excluding carboxylic acids is 2. The first-order chi connectivity index (χ1) is 11.8. The molecule has 2 amide bonds. The summed E-state index contributed by atoms with van der Waals surface area (Å²) in [5.74, 6) is -0.204. The molecule has 2 aromatic rings. The maximum absolute atomic E-state index is 12.4. The van der Waals surface area contributed by atoms with Gasteiger partial charge in [0.25, 0.3) is 11.8 Å². The van der Waals surface area contributed by atoms with E-state index in [9.17, 15) is 9.59 Å². The lowest BCUT2D eigenvalue weighted by Gasteiger charge is -2.21. The average Bonchev–Trinajstić information content (AvgIpc) is 2.53. The Kier molecular flexibility index (Phi) is 6.04. The largest absolute Gasteiger partial charge is 0.482 e. The standard InChI is InChI=1S/C19H21ClN2O3/c1-19(2,3)22-18(24)13-8-4-6-10-15(13)21-17(23)12-25-16-11-7-5-9-14(16)20/h4-11H,12H2,1-3H3,(H,21,23)(H,22,24). The molecule has 0 saturated carbocycles. The SMILES string of the molecule is CC(C)(C)NC(=O)c1ccccc1NC(=O)COc1ccccc1Cl. The summed E-state index contributed by atoms with van der Waals surface area (Å²) >= 11 is 5.99. The Labute approximate surface area is 152 Å². The van der Waals surface area contributed by atoms with Gasteiger partial charge in [-0.1, -0.05) is 35.9 Å². The number of anilines is 1. The van der Waals surface area contributed by atoms with E-state index in [1.165, 1.54) is 0 Å². The molecule has 0 aliphatic heterocycles. The smallest absolute Gasteiger partial charge is 0.262 e. The van der Waals surface area contributed by atoms with Crippen LogP contribution in [0.2, 0.25) is 5.02 Å². The summed E-state index contributed by atoms with van der Waals surface area (Å²) in [5, 5.41) is 6.01. The van der Waals surface area contributed by atoms with Crippen molar-refractivity contribution < 1.29 is 14.3 Å². The topological polar surface area (TPSA) is 67.4 Å². The first kappa shape index (κ1) is 18.8. The van der Waals surface area contributed by atoms with Crippen molar-refractivity contribution in [1.82, 2.24) is 5.32 Å². The van der Waals surface area contributed by atoms with E-state index in [-0.39, 0.29) is 24.0 Å². The molecule has 0 heterocycles. The third-order valence-electron chi connectivity index (χ3n) is 3.13. The van der Waals surface area contributed by atoms with Crippen LogP contribution in [0.3, 0.4) is 0 Å². The molecule has 2 rings (SSSR count). The molecule has 25 heavy (non-hydrogen) atoms. The Morgan fingerprint density at radius 3 is 2.36 bits per heavy atom. The molecule has 0 unspecified atom stereocenters. The Balaban J connectivity index is 2.04. The molecule has 0 aliphatic rings. The van der Waals surface area contributed by atoms with Gasteiger partial charge in [0.05, 0.1) is 16.3 Å². The Bertz CT molecular complexity index is 769. The molecule has 0 fully saturated rings. The van der Waals surface area contributed by atoms with Crippen molar-refractivity contribution in [3.63, 3.8) is 0 Å². The number of hydrogen-bond acceptors (Lipinski definition) is 3. The number of halogens is 1. The van der Waals surface area contributed by atoms with E-state index in [1.807, 2.05) is 20.8 Å². The van der Waals surface area contributed by atoms with E-state index in [4.69, 9.17) is 16.3 Å². The molecule has 0 aliphatic carbocycles. The minimum Gasteiger partial charge on any atom is -0.482 e. The molecule has 0 saturated heterocycles. The Morgan fingerprint density at radius 2 is 1.68 bits per heavy atom. The molecular weight excluding hydrogens is 340 g/mol. The lowest BCUT2D eigenvalue weighted by atomic mass is 10.1. The molecule has 0 radical (unpaired) electrons. The number of carbonyl (C=O) groups is 2. The van der Waals surface area contributed by atoms with Crippen LogP contribution < -0.4 is 15.4 Å². The van der Waals surface area contributed by atoms with Crippen LogP contribution in [0.4, 0.5) is 5.69 Å². The molecule has 6 heteroatoms. The second kappa shape index (κ2) is 8.03. The highest BCUT2D eigenvalue weighted by Crippen LogP contribution is 2.23. The lowest BCUT2D eigenvalue weighted by molar-refractivity contribution is -0.118. The van der Waals surface area contributed by atoms with Gasteiger partial charge in [0.2, 0.25) is 0 Å². The van der Waals surface area contributed by atoms with Crippen molar-refractivity contribution in [2.45, 2.75) is 26.3 Å². The fourth-order valence-corrected chi connectivity index (χ4v) is 2.28. The number of ether oxygens (including phenoxy) is 1. The first-order valence-corrected chi connectivity index (χ1v) is 8.23. The summed E-state index contributed by atoms with van der Waals surface area (Å²) in [7, 11) is 0. The molecule has 0 bridgehead atoms. The van der Waals surface area contributed by atoms with Crippen molar-refractivity contribution >= 4 is 29.1 Å². The summed E-state index contributed by atoms with van der Waals surface area (Å²) < 4.78 is 5.41. The molecule has 132 valence electrons. The third kappa shape index (κ3) is 5.80. The van der Waals surface area contributed by atoms with Crippen LogP contribution >= 0.6 is 11.6 Å². The van der Waals surface area contributed by atoms with E-state index in [1.54, 1.807) is 48.5 Å². The normalized spacial score (nSPS) is 10.9. The molecule has 0 atom stereocenters. The van der Waals surface area contributed by atoms with Gasteiger partial charge in [-0.3, -0.25) is 9.59 Å². The van der Waals surface area contributed by atoms with Crippen LogP contribution in [0.15, 0.2) is 48.5 Å². The zero-order valence-electron chi connectivity index (χ0n) is 14.4. The highest BCUT2D eigenvalue weighted by atomic mass is 35.5. The van der Waals surface area contributed by atoms with E-state index in [2.05, 4.69) is 10.6 Å². The van der Waals surface area contributed by atoms with E-state index in [0.29, 0.717) is 22.0 Å². The van der Waals surface area contributed by atoms with Gasteiger partial charge in [-0.2, -0.15) is 0 Å². The highest BCUT2D eigenvalue weighted by molar-refractivity contribution is 6.32. The van der Waals surface area contributed by atoms with Crippen LogP contribution in [0.25, 0.3) is 0 Å². The minimum absolute atomic E-state index is 0.209. The molecular formula is C19H21ClN2O3. The van der Waals surface area contributed by atoms with Gasteiger partial charge < -0.3 is 15.4 Å². The Morgan fingerprint density at radius 1 is 1.04 bits per heavy atom. The summed E-state index contributed by atoms with van der Waals surface area (Å²) in [6.07, 6.45) is 0. The number of rotatable bonds is 5. The fraction of sp³-hybridized carbons (Fsp3) is 0.263. The van der Waals surface area contributed by atoms with Crippen LogP contribution in [-0.2, 0) is 4.79 Å². The maximum Gasteiger partial charge on any atom is 0.262 e. The van der Waals surface area contributed by atoms with Gasteiger partial charge in [0.1, 0.15) is 5.75 Å². The highest BCUT2D eigenvalue weighted by Gasteiger charge is 2.18. The quantitative estimate of drug-likeness (QED) is 0.850. The van der Waals surface area contributed by atoms with E-state index >= 15 is 0 Å². The van der Waals surface area contributed by atoms with Crippen molar-refractivity contribution in [2.75, 3.05) is 11.9 Å². The predicted octanol–water partition coefficient (Wildman–Crippen LogP) is 3.89. The van der Waals surface area contributed by atoms with Crippen molar-refractivity contribution in [3.05, 3.63) is 59.1 Å². The first-order valence-electron chi connectivity index (χ1n) is 7.85. The molecule has 0 aromatic heterocycles. The van der Waals surface area contributed by atoms with Crippen LogP contribution in [0, 0.1) is 0 Å². The monoisotopic (exact) mass is 360 g/mol. The maximum atomic E-state index is 12.4. The second-order valence-corrected chi connectivity index (χ2v) is 6.92. The van der Waals surface area contributed by atoms with Gasteiger partial charge in [-0.25, -0.2) is 0 Å². The third-order valence-corrected chi connectivity index (χ3v) is 3.44. The van der Waals surface area contributed by atoms with E-state index in [0.717, 1.165) is 0 Å². The number of hydrogen-bond donors (Lipinski definition) is 2. The van der Waals surface area contributed by atoms with Gasteiger partial charge in [-0.05, 0) is 45.0 Å². The minimum atomic E-state index is -0.379. The van der Waals surface area contributed by atoms with Gasteiger partial charge >= 0.3 is 0 Å². The van der Waals surface area contributed by atoms with Crippen molar-refractivity contribution in [3.8, 4) is 5.75 Å². The van der Waals surface area contributed by atoms with Crippen LogP contribution in [-0.4, -0.2) is 24.0 Å².